The molecule has 2 rings (SSSR count). The lowest BCUT2D eigenvalue weighted by Gasteiger charge is -2.13. The number of rotatable bonds is 7. The van der Waals surface area contributed by atoms with Crippen LogP contribution in [0.25, 0.3) is 0 Å². The average molecular weight is 348 g/mol. The molecule has 2 aromatic carbocycles. The van der Waals surface area contributed by atoms with Crippen molar-refractivity contribution in [3.05, 3.63) is 48.5 Å². The Morgan fingerprint density at radius 1 is 0.833 bits per heavy atom. The molecule has 0 aliphatic heterocycles. The largest absolute Gasteiger partial charge is 0.491 e. The van der Waals surface area contributed by atoms with Gasteiger partial charge in [-0.05, 0) is 76.2 Å². The van der Waals surface area contributed by atoms with Gasteiger partial charge in [-0.3, -0.25) is 4.72 Å². The average Bonchev–Trinajstić information content (AvgIpc) is 2.48. The first-order valence-corrected chi connectivity index (χ1v) is 9.41. The van der Waals surface area contributed by atoms with Crippen LogP contribution in [0.5, 0.6) is 5.75 Å². The summed E-state index contributed by atoms with van der Waals surface area (Å²) in [7, 11) is -3.62. The highest BCUT2D eigenvalue weighted by molar-refractivity contribution is 7.92. The maximum Gasteiger partial charge on any atom is 0.261 e. The first kappa shape index (κ1) is 18.1. The molecule has 2 N–H and O–H groups in total. The highest BCUT2D eigenvalue weighted by Crippen LogP contribution is 2.21. The Bertz CT molecular complexity index is 752. The predicted octanol–water partition coefficient (Wildman–Crippen LogP) is 4.09. The topological polar surface area (TPSA) is 67.4 Å². The number of anilines is 2. The second-order valence-electron chi connectivity index (χ2n) is 6.12. The van der Waals surface area contributed by atoms with E-state index in [0.717, 1.165) is 5.69 Å². The van der Waals surface area contributed by atoms with Gasteiger partial charge in [0.05, 0.1) is 11.0 Å². The predicted molar refractivity (Wildman–Crippen MR) is 98.2 cm³/mol. The molecule has 0 saturated heterocycles. The number of hydrogen-bond acceptors (Lipinski definition) is 4. The standard InChI is InChI=1S/C18H24N2O3S/c1-13(2)19-15-5-7-16(8-6-15)20-24(21,22)18-11-9-17(10-12-18)23-14(3)4/h5-14,19-20H,1-4H3. The Morgan fingerprint density at radius 3 is 1.88 bits per heavy atom. The van der Waals surface area contributed by atoms with Crippen LogP contribution in [-0.4, -0.2) is 20.6 Å². The molecule has 24 heavy (non-hydrogen) atoms. The van der Waals surface area contributed by atoms with Crippen LogP contribution in [-0.2, 0) is 10.0 Å². The van der Waals surface area contributed by atoms with E-state index in [1.54, 1.807) is 24.3 Å². The van der Waals surface area contributed by atoms with E-state index in [0.29, 0.717) is 17.5 Å². The van der Waals surface area contributed by atoms with Gasteiger partial charge in [-0.1, -0.05) is 0 Å². The van der Waals surface area contributed by atoms with Crippen molar-refractivity contribution < 1.29 is 13.2 Å². The van der Waals surface area contributed by atoms with Crippen molar-refractivity contribution in [2.24, 2.45) is 0 Å². The van der Waals surface area contributed by atoms with Gasteiger partial charge in [0.1, 0.15) is 5.75 Å². The van der Waals surface area contributed by atoms with E-state index in [4.69, 9.17) is 4.74 Å². The molecule has 0 unspecified atom stereocenters. The molecule has 0 fully saturated rings. The van der Waals surface area contributed by atoms with Crippen LogP contribution in [0.1, 0.15) is 27.7 Å². The van der Waals surface area contributed by atoms with Crippen molar-refractivity contribution in [1.82, 2.24) is 0 Å². The molecule has 0 radical (unpaired) electrons. The molecule has 6 heteroatoms. The van der Waals surface area contributed by atoms with E-state index < -0.39 is 10.0 Å². The van der Waals surface area contributed by atoms with Crippen molar-refractivity contribution in [2.45, 2.75) is 44.7 Å². The summed E-state index contributed by atoms with van der Waals surface area (Å²) < 4.78 is 33.0. The summed E-state index contributed by atoms with van der Waals surface area (Å²) in [6.45, 7) is 7.93. The Labute approximate surface area is 144 Å². The maximum atomic E-state index is 12.4. The summed E-state index contributed by atoms with van der Waals surface area (Å²) in [6, 6.07) is 13.9. The number of nitrogens with one attached hydrogen (secondary N) is 2. The van der Waals surface area contributed by atoms with E-state index in [-0.39, 0.29) is 11.0 Å². The second-order valence-corrected chi connectivity index (χ2v) is 7.80. The minimum atomic E-state index is -3.62. The first-order chi connectivity index (χ1) is 11.3. The lowest BCUT2D eigenvalue weighted by Crippen LogP contribution is -2.13. The van der Waals surface area contributed by atoms with Gasteiger partial charge in [0.15, 0.2) is 0 Å². The van der Waals surface area contributed by atoms with Gasteiger partial charge in [-0.25, -0.2) is 8.42 Å². The monoisotopic (exact) mass is 348 g/mol. The van der Waals surface area contributed by atoms with Crippen LogP contribution in [0.4, 0.5) is 11.4 Å². The van der Waals surface area contributed by atoms with Gasteiger partial charge in [0.2, 0.25) is 0 Å². The maximum absolute atomic E-state index is 12.4. The lowest BCUT2D eigenvalue weighted by atomic mass is 10.2. The molecule has 0 heterocycles. The fourth-order valence-electron chi connectivity index (χ4n) is 2.15. The normalized spacial score (nSPS) is 11.6. The van der Waals surface area contributed by atoms with Crippen LogP contribution in [0.15, 0.2) is 53.4 Å². The third kappa shape index (κ3) is 5.16. The fraction of sp³-hybridized carbons (Fsp3) is 0.333. The molecule has 0 amide bonds. The SMILES string of the molecule is CC(C)Nc1ccc(NS(=O)(=O)c2ccc(OC(C)C)cc2)cc1. The highest BCUT2D eigenvalue weighted by atomic mass is 32.2. The summed E-state index contributed by atoms with van der Waals surface area (Å²) in [5.74, 6) is 0.646. The molecular weight excluding hydrogens is 324 g/mol. The summed E-state index contributed by atoms with van der Waals surface area (Å²) in [6.07, 6.45) is 0.0449. The van der Waals surface area contributed by atoms with Crippen molar-refractivity contribution in [1.29, 1.82) is 0 Å². The Kier molecular flexibility index (Phi) is 5.72. The minimum Gasteiger partial charge on any atom is -0.491 e. The van der Waals surface area contributed by atoms with Crippen LogP contribution >= 0.6 is 0 Å². The quantitative estimate of drug-likeness (QED) is 0.791. The van der Waals surface area contributed by atoms with Gasteiger partial charge < -0.3 is 10.1 Å². The van der Waals surface area contributed by atoms with Crippen molar-refractivity contribution in [3.63, 3.8) is 0 Å². The van der Waals surface area contributed by atoms with Crippen LogP contribution < -0.4 is 14.8 Å². The van der Waals surface area contributed by atoms with Gasteiger partial charge in [0.25, 0.3) is 10.0 Å². The first-order valence-electron chi connectivity index (χ1n) is 7.92. The van der Waals surface area contributed by atoms with Crippen LogP contribution in [0.2, 0.25) is 0 Å². The van der Waals surface area contributed by atoms with E-state index >= 15 is 0 Å². The van der Waals surface area contributed by atoms with Crippen LogP contribution in [0.3, 0.4) is 0 Å². The molecule has 0 spiro atoms. The third-order valence-electron chi connectivity index (χ3n) is 3.10. The third-order valence-corrected chi connectivity index (χ3v) is 4.50. The zero-order valence-electron chi connectivity index (χ0n) is 14.4. The zero-order valence-corrected chi connectivity index (χ0v) is 15.2. The molecule has 0 aliphatic carbocycles. The number of ether oxygens (including phenoxy) is 1. The van der Waals surface area contributed by atoms with Gasteiger partial charge in [-0.15, -0.1) is 0 Å². The molecule has 5 nitrogen and oxygen atoms in total. The van der Waals surface area contributed by atoms with Gasteiger partial charge in [-0.2, -0.15) is 0 Å². The minimum absolute atomic E-state index is 0.0449. The molecular formula is C18H24N2O3S. The zero-order chi connectivity index (χ0) is 17.7. The second kappa shape index (κ2) is 7.57. The molecule has 0 saturated carbocycles. The van der Waals surface area contributed by atoms with E-state index in [2.05, 4.69) is 10.0 Å². The fourth-order valence-corrected chi connectivity index (χ4v) is 3.21. The summed E-state index contributed by atoms with van der Waals surface area (Å²) in [5.41, 5.74) is 1.47. The smallest absolute Gasteiger partial charge is 0.261 e. The Hall–Kier alpha value is -2.21. The molecule has 130 valence electrons. The molecule has 0 aromatic heterocycles. The Morgan fingerprint density at radius 2 is 1.38 bits per heavy atom. The van der Waals surface area contributed by atoms with Crippen LogP contribution in [0, 0.1) is 0 Å². The van der Waals surface area contributed by atoms with Crippen molar-refractivity contribution in [2.75, 3.05) is 10.0 Å². The van der Waals surface area contributed by atoms with Crippen molar-refractivity contribution >= 4 is 21.4 Å². The van der Waals surface area contributed by atoms with E-state index in [9.17, 15) is 8.42 Å². The number of hydrogen-bond donors (Lipinski definition) is 2. The Balaban J connectivity index is 2.10. The van der Waals surface area contributed by atoms with Crippen molar-refractivity contribution in [3.8, 4) is 5.75 Å². The molecule has 0 bridgehead atoms. The summed E-state index contributed by atoms with van der Waals surface area (Å²) in [5, 5.41) is 3.26. The summed E-state index contributed by atoms with van der Waals surface area (Å²) in [4.78, 5) is 0.197. The van der Waals surface area contributed by atoms with Gasteiger partial charge in [0, 0.05) is 17.4 Å². The molecule has 0 atom stereocenters. The lowest BCUT2D eigenvalue weighted by molar-refractivity contribution is 0.242. The summed E-state index contributed by atoms with van der Waals surface area (Å²) >= 11 is 0. The van der Waals surface area contributed by atoms with Gasteiger partial charge >= 0.3 is 0 Å². The van der Waals surface area contributed by atoms with E-state index in [1.165, 1.54) is 12.1 Å². The molecule has 2 aromatic rings. The molecule has 0 aliphatic rings. The number of benzene rings is 2. The highest BCUT2D eigenvalue weighted by Gasteiger charge is 2.14. The van der Waals surface area contributed by atoms with E-state index in [1.807, 2.05) is 39.8 Å². The number of sulfonamides is 1.